The van der Waals surface area contributed by atoms with Crippen LogP contribution in [0.2, 0.25) is 0 Å². The highest BCUT2D eigenvalue weighted by atomic mass is 32.2. The van der Waals surface area contributed by atoms with Gasteiger partial charge in [-0.15, -0.1) is 0 Å². The number of carbonyl (C=O) groups excluding carboxylic acids is 1. The van der Waals surface area contributed by atoms with E-state index >= 15 is 0 Å². The van der Waals surface area contributed by atoms with E-state index < -0.39 is 46.0 Å². The summed E-state index contributed by atoms with van der Waals surface area (Å²) in [6.07, 6.45) is 0. The van der Waals surface area contributed by atoms with Gasteiger partial charge in [-0.25, -0.2) is 31.0 Å². The minimum atomic E-state index is -4.12. The Labute approximate surface area is 158 Å². The van der Waals surface area contributed by atoms with Crippen molar-refractivity contribution in [3.63, 3.8) is 0 Å². The maximum atomic E-state index is 13.7. The molecule has 1 amide bonds. The second kappa shape index (κ2) is 6.55. The number of nitrogens with zero attached hydrogens (tertiary/aromatic N) is 3. The number of rotatable bonds is 5. The van der Waals surface area contributed by atoms with Crippen LogP contribution < -0.4 is 15.4 Å². The second-order valence-corrected chi connectivity index (χ2v) is 7.81. The zero-order chi connectivity index (χ0) is 20.9. The summed E-state index contributed by atoms with van der Waals surface area (Å²) in [6, 6.07) is 3.63. The van der Waals surface area contributed by atoms with E-state index in [2.05, 4.69) is 11.7 Å². The van der Waals surface area contributed by atoms with Crippen molar-refractivity contribution in [2.24, 2.45) is 0 Å². The van der Waals surface area contributed by atoms with Crippen LogP contribution in [0.5, 0.6) is 0 Å². The smallest absolute Gasteiger partial charge is 0.287 e. The summed E-state index contributed by atoms with van der Waals surface area (Å²) >= 11 is 0. The van der Waals surface area contributed by atoms with Crippen LogP contribution >= 0.6 is 0 Å². The van der Waals surface area contributed by atoms with Gasteiger partial charge in [0.2, 0.25) is 0 Å². The largest absolute Gasteiger partial charge is 0.394 e. The first-order valence-corrected chi connectivity index (χ1v) is 9.50. The fraction of sp³-hybridized carbons (Fsp3) is 0.250. The van der Waals surface area contributed by atoms with E-state index in [0.29, 0.717) is 5.41 Å². The third-order valence-corrected chi connectivity index (χ3v) is 5.28. The molecule has 8 nitrogen and oxygen atoms in total. The van der Waals surface area contributed by atoms with Crippen LogP contribution in [0, 0.1) is 5.82 Å². The van der Waals surface area contributed by atoms with Gasteiger partial charge in [0.15, 0.2) is 11.5 Å². The van der Waals surface area contributed by atoms with Gasteiger partial charge >= 0.3 is 0 Å². The van der Waals surface area contributed by atoms with Gasteiger partial charge in [0.05, 0.1) is 18.3 Å². The molecule has 28 heavy (non-hydrogen) atoms. The lowest BCUT2D eigenvalue weighted by Crippen LogP contribution is -2.64. The first kappa shape index (κ1) is 19.7. The molecule has 0 aliphatic carbocycles. The zero-order valence-electron chi connectivity index (χ0n) is 14.6. The SMILES string of the molecule is C=CS(=O)(=O)NC(=O)c1nn(-c2ccc(F)cc2)c(N2CC(F)(F)[C@H]2C)c1N. The number of nitrogens with one attached hydrogen (secondary N) is 1. The predicted molar refractivity (Wildman–Crippen MR) is 96.3 cm³/mol. The number of carbonyl (C=O) groups is 1. The number of amides is 1. The van der Waals surface area contributed by atoms with Gasteiger partial charge in [0.25, 0.3) is 21.9 Å². The maximum absolute atomic E-state index is 13.7. The van der Waals surface area contributed by atoms with Crippen molar-refractivity contribution < 1.29 is 26.4 Å². The molecule has 2 heterocycles. The Kier molecular flexibility index (Phi) is 4.61. The third-order valence-electron chi connectivity index (χ3n) is 4.37. The van der Waals surface area contributed by atoms with Gasteiger partial charge in [-0.3, -0.25) is 4.79 Å². The molecule has 0 radical (unpaired) electrons. The Balaban J connectivity index is 2.11. The number of anilines is 2. The number of halogens is 3. The molecule has 1 aliphatic heterocycles. The fourth-order valence-electron chi connectivity index (χ4n) is 2.72. The number of aromatic nitrogens is 2. The molecule has 1 saturated heterocycles. The molecule has 150 valence electrons. The number of benzene rings is 1. The number of alkyl halides is 2. The molecule has 3 rings (SSSR count). The molecule has 12 heteroatoms. The van der Waals surface area contributed by atoms with Crippen LogP contribution in [0.4, 0.5) is 24.7 Å². The second-order valence-electron chi connectivity index (χ2n) is 6.18. The lowest BCUT2D eigenvalue weighted by atomic mass is 10.00. The van der Waals surface area contributed by atoms with Crippen molar-refractivity contribution in [2.45, 2.75) is 18.9 Å². The van der Waals surface area contributed by atoms with Crippen LogP contribution in [0.15, 0.2) is 36.3 Å². The zero-order valence-corrected chi connectivity index (χ0v) is 15.4. The van der Waals surface area contributed by atoms with Crippen LogP contribution in [0.25, 0.3) is 5.69 Å². The summed E-state index contributed by atoms with van der Waals surface area (Å²) in [5.41, 5.74) is 5.45. The molecular formula is C16H16F3N5O3S. The van der Waals surface area contributed by atoms with Crippen molar-refractivity contribution in [3.8, 4) is 5.69 Å². The first-order chi connectivity index (χ1) is 13.0. The van der Waals surface area contributed by atoms with Gasteiger partial charge in [0, 0.05) is 5.41 Å². The monoisotopic (exact) mass is 415 g/mol. The summed E-state index contributed by atoms with van der Waals surface area (Å²) in [6.45, 7) is 3.67. The number of hydrogen-bond donors (Lipinski definition) is 2. The summed E-state index contributed by atoms with van der Waals surface area (Å²) in [4.78, 5) is 13.5. The highest BCUT2D eigenvalue weighted by Crippen LogP contribution is 2.42. The lowest BCUT2D eigenvalue weighted by molar-refractivity contribution is -0.0644. The molecule has 0 spiro atoms. The summed E-state index contributed by atoms with van der Waals surface area (Å²) in [5, 5.41) is 4.51. The van der Waals surface area contributed by atoms with E-state index in [0.717, 1.165) is 16.8 Å². The molecule has 1 aromatic heterocycles. The molecule has 2 aromatic rings. The summed E-state index contributed by atoms with van der Waals surface area (Å²) in [5.74, 6) is -4.69. The van der Waals surface area contributed by atoms with E-state index in [1.807, 2.05) is 0 Å². The van der Waals surface area contributed by atoms with E-state index in [1.54, 1.807) is 4.72 Å². The van der Waals surface area contributed by atoms with Crippen LogP contribution in [-0.4, -0.2) is 42.6 Å². The summed E-state index contributed by atoms with van der Waals surface area (Å²) in [7, 11) is -4.12. The average Bonchev–Trinajstić information content (AvgIpc) is 2.97. The Morgan fingerprint density at radius 1 is 1.39 bits per heavy atom. The number of hydrogen-bond acceptors (Lipinski definition) is 6. The van der Waals surface area contributed by atoms with Crippen LogP contribution in [-0.2, 0) is 10.0 Å². The Bertz CT molecular complexity index is 1050. The lowest BCUT2D eigenvalue weighted by Gasteiger charge is -2.47. The molecule has 1 aliphatic rings. The minimum Gasteiger partial charge on any atom is -0.394 e. The van der Waals surface area contributed by atoms with Gasteiger partial charge < -0.3 is 10.6 Å². The predicted octanol–water partition coefficient (Wildman–Crippen LogP) is 1.64. The fourth-order valence-corrected chi connectivity index (χ4v) is 3.16. The Hall–Kier alpha value is -3.02. The highest BCUT2D eigenvalue weighted by molar-refractivity contribution is 7.92. The molecule has 1 atom stereocenters. The average molecular weight is 415 g/mol. The van der Waals surface area contributed by atoms with E-state index in [-0.39, 0.29) is 17.2 Å². The number of sulfonamides is 1. The Morgan fingerprint density at radius 3 is 2.50 bits per heavy atom. The molecule has 1 aromatic carbocycles. The highest BCUT2D eigenvalue weighted by Gasteiger charge is 2.53. The van der Waals surface area contributed by atoms with Gasteiger partial charge in [-0.05, 0) is 31.2 Å². The van der Waals surface area contributed by atoms with Crippen molar-refractivity contribution >= 4 is 27.4 Å². The molecule has 0 bridgehead atoms. The topological polar surface area (TPSA) is 110 Å². The molecular weight excluding hydrogens is 399 g/mol. The van der Waals surface area contributed by atoms with Crippen molar-refractivity contribution in [3.05, 3.63) is 47.8 Å². The standard InChI is InChI=1S/C16H16F3N5O3S/c1-3-28(26,27)22-14(25)13-12(20)15(23-8-16(18,19)9(23)2)24(21-13)11-6-4-10(17)5-7-11/h3-7,9H,1,8,20H2,2H3,(H,22,25)/t9-/m1/s1. The Morgan fingerprint density at radius 2 is 2.00 bits per heavy atom. The maximum Gasteiger partial charge on any atom is 0.287 e. The molecule has 1 fully saturated rings. The van der Waals surface area contributed by atoms with Crippen molar-refractivity contribution in [2.75, 3.05) is 17.2 Å². The van der Waals surface area contributed by atoms with Crippen LogP contribution in [0.3, 0.4) is 0 Å². The van der Waals surface area contributed by atoms with Crippen molar-refractivity contribution in [1.29, 1.82) is 0 Å². The van der Waals surface area contributed by atoms with E-state index in [4.69, 9.17) is 5.73 Å². The summed E-state index contributed by atoms with van der Waals surface area (Å²) < 4.78 is 66.5. The molecule has 3 N–H and O–H groups in total. The first-order valence-electron chi connectivity index (χ1n) is 7.95. The number of nitrogens with two attached hydrogens (primary N) is 1. The van der Waals surface area contributed by atoms with E-state index in [9.17, 15) is 26.4 Å². The van der Waals surface area contributed by atoms with Gasteiger partial charge in [-0.1, -0.05) is 6.58 Å². The van der Waals surface area contributed by atoms with Gasteiger partial charge in [-0.2, -0.15) is 5.10 Å². The van der Waals surface area contributed by atoms with Crippen LogP contribution in [0.1, 0.15) is 17.4 Å². The molecule has 0 unspecified atom stereocenters. The molecule has 0 saturated carbocycles. The quantitative estimate of drug-likeness (QED) is 0.768. The van der Waals surface area contributed by atoms with Gasteiger partial charge in [0.1, 0.15) is 11.5 Å². The van der Waals surface area contributed by atoms with E-state index in [1.165, 1.54) is 24.0 Å². The third kappa shape index (κ3) is 3.30. The normalized spacial score (nSPS) is 18.4. The minimum absolute atomic E-state index is 0.0221. The van der Waals surface area contributed by atoms with Crippen molar-refractivity contribution in [1.82, 2.24) is 14.5 Å². The number of nitrogen functional groups attached to an aromatic ring is 1.